The second-order valence-corrected chi connectivity index (χ2v) is 8.73. The average molecular weight is 453 g/mol. The molecule has 0 aliphatic carbocycles. The molecule has 4 rings (SSSR count). The molecule has 1 aliphatic rings. The fourth-order valence-electron chi connectivity index (χ4n) is 3.38. The number of hydrogen-bond donors (Lipinski definition) is 0. The minimum absolute atomic E-state index is 0.0195. The van der Waals surface area contributed by atoms with Crippen LogP contribution in [0.2, 0.25) is 0 Å². The first-order chi connectivity index (χ1) is 15.2. The number of morpholine rings is 1. The maximum atomic E-state index is 12.8. The number of nitrogens with zero attached hydrogens (tertiary/aromatic N) is 4. The van der Waals surface area contributed by atoms with Gasteiger partial charge in [-0.05, 0) is 29.4 Å². The van der Waals surface area contributed by atoms with Crippen molar-refractivity contribution in [2.75, 3.05) is 32.6 Å². The monoisotopic (exact) mass is 452 g/mol. The Morgan fingerprint density at radius 2 is 1.87 bits per heavy atom. The second kappa shape index (κ2) is 10.2. The lowest BCUT2D eigenvalue weighted by molar-refractivity contribution is 0.0693. The van der Waals surface area contributed by atoms with Crippen LogP contribution in [0.15, 0.2) is 59.6 Å². The molecule has 0 saturated carbocycles. The molecule has 0 spiro atoms. The highest BCUT2D eigenvalue weighted by molar-refractivity contribution is 8.13. The minimum Gasteiger partial charge on any atom is -0.378 e. The summed E-state index contributed by atoms with van der Waals surface area (Å²) in [5.41, 5.74) is 2.40. The van der Waals surface area contributed by atoms with Gasteiger partial charge in [-0.25, -0.2) is 4.98 Å². The Labute approximate surface area is 190 Å². The molecule has 2 heterocycles. The lowest BCUT2D eigenvalue weighted by Gasteiger charge is -2.28. The summed E-state index contributed by atoms with van der Waals surface area (Å²) in [5.74, 6) is 0.526. The Morgan fingerprint density at radius 3 is 2.61 bits per heavy atom. The van der Waals surface area contributed by atoms with Gasteiger partial charge in [-0.2, -0.15) is 9.37 Å². The molecule has 1 aliphatic heterocycles. The summed E-state index contributed by atoms with van der Waals surface area (Å²) >= 11 is 2.95. The van der Waals surface area contributed by atoms with Crippen LogP contribution in [0.3, 0.4) is 0 Å². The fourth-order valence-corrected chi connectivity index (χ4v) is 4.67. The van der Waals surface area contributed by atoms with E-state index in [4.69, 9.17) is 4.74 Å². The zero-order chi connectivity index (χ0) is 21.6. The number of amidine groups is 1. The first-order valence-corrected chi connectivity index (χ1v) is 12.1. The Morgan fingerprint density at radius 1 is 1.13 bits per heavy atom. The zero-order valence-electron chi connectivity index (χ0n) is 17.5. The van der Waals surface area contributed by atoms with E-state index < -0.39 is 0 Å². The van der Waals surface area contributed by atoms with E-state index in [1.807, 2.05) is 60.9 Å². The molecule has 1 aromatic heterocycles. The van der Waals surface area contributed by atoms with E-state index in [1.165, 1.54) is 11.5 Å². The molecular weight excluding hydrogens is 428 g/mol. The molecule has 0 amide bonds. The third-order valence-corrected chi connectivity index (χ3v) is 6.75. The molecule has 1 unspecified atom stereocenters. The lowest BCUT2D eigenvalue weighted by Crippen LogP contribution is -2.39. The Kier molecular flexibility index (Phi) is 7.11. The average Bonchev–Trinajstić information content (AvgIpc) is 3.31. The predicted octanol–water partition coefficient (Wildman–Crippen LogP) is 4.60. The van der Waals surface area contributed by atoms with E-state index in [9.17, 15) is 4.79 Å². The highest BCUT2D eigenvalue weighted by Gasteiger charge is 2.19. The van der Waals surface area contributed by atoms with E-state index in [1.54, 1.807) is 11.8 Å². The number of benzene rings is 2. The van der Waals surface area contributed by atoms with Gasteiger partial charge in [0, 0.05) is 30.1 Å². The number of ether oxygens (including phenoxy) is 1. The summed E-state index contributed by atoms with van der Waals surface area (Å²) in [6.45, 7) is 5.16. The van der Waals surface area contributed by atoms with Gasteiger partial charge in [0.15, 0.2) is 11.0 Å². The molecule has 6 nitrogen and oxygen atoms in total. The van der Waals surface area contributed by atoms with E-state index in [-0.39, 0.29) is 11.7 Å². The summed E-state index contributed by atoms with van der Waals surface area (Å²) in [5, 5.41) is 1.79. The number of ketones is 1. The summed E-state index contributed by atoms with van der Waals surface area (Å²) in [7, 11) is 0. The molecule has 1 fully saturated rings. The maximum Gasteiger partial charge on any atom is 0.263 e. The van der Waals surface area contributed by atoms with Crippen molar-refractivity contribution in [1.29, 1.82) is 0 Å². The molecular formula is C23H24N4O2S2. The molecule has 8 heteroatoms. The highest BCUT2D eigenvalue weighted by atomic mass is 32.2. The summed E-state index contributed by atoms with van der Waals surface area (Å²) in [6, 6.07) is 17.1. The molecule has 0 N–H and O–H groups in total. The van der Waals surface area contributed by atoms with Crippen LogP contribution in [0.5, 0.6) is 0 Å². The number of carbonyl (C=O) groups excluding carboxylic acids is 1. The Hall–Kier alpha value is -2.55. The van der Waals surface area contributed by atoms with Crippen LogP contribution in [0, 0.1) is 0 Å². The van der Waals surface area contributed by atoms with Crippen molar-refractivity contribution in [3.8, 4) is 0 Å². The number of aliphatic imine (C=N–C) groups is 1. The zero-order valence-corrected chi connectivity index (χ0v) is 19.2. The van der Waals surface area contributed by atoms with Gasteiger partial charge in [0.05, 0.1) is 13.2 Å². The molecule has 2 aromatic carbocycles. The lowest BCUT2D eigenvalue weighted by atomic mass is 9.96. The molecule has 0 bridgehead atoms. The van der Waals surface area contributed by atoms with Crippen LogP contribution >= 0.6 is 23.3 Å². The van der Waals surface area contributed by atoms with E-state index in [2.05, 4.69) is 26.2 Å². The van der Waals surface area contributed by atoms with Gasteiger partial charge in [0.1, 0.15) is 5.01 Å². The predicted molar refractivity (Wildman–Crippen MR) is 127 cm³/mol. The quantitative estimate of drug-likeness (QED) is 0.320. The van der Waals surface area contributed by atoms with Gasteiger partial charge in [0.25, 0.3) is 5.95 Å². The van der Waals surface area contributed by atoms with E-state index in [0.29, 0.717) is 30.3 Å². The first kappa shape index (κ1) is 21.7. The van der Waals surface area contributed by atoms with Crippen LogP contribution in [-0.2, 0) is 4.74 Å². The van der Waals surface area contributed by atoms with Gasteiger partial charge >= 0.3 is 0 Å². The topological polar surface area (TPSA) is 67.7 Å². The van der Waals surface area contributed by atoms with Crippen LogP contribution in [0.25, 0.3) is 0 Å². The van der Waals surface area contributed by atoms with Gasteiger partial charge in [-0.1, -0.05) is 67.2 Å². The molecule has 31 heavy (non-hydrogen) atoms. The van der Waals surface area contributed by atoms with Crippen LogP contribution < -0.4 is 0 Å². The van der Waals surface area contributed by atoms with Gasteiger partial charge in [-0.15, -0.1) is 0 Å². The number of aromatic nitrogens is 2. The van der Waals surface area contributed by atoms with Crippen molar-refractivity contribution >= 4 is 40.2 Å². The van der Waals surface area contributed by atoms with Gasteiger partial charge in [0.2, 0.25) is 0 Å². The van der Waals surface area contributed by atoms with Crippen molar-refractivity contribution in [3.05, 3.63) is 76.3 Å². The SMILES string of the molecule is CS/C(=N\c1nsc(C(C)c2cccc(C(=O)c3ccccc3)c2)n1)N1CCOCC1. The second-order valence-electron chi connectivity index (χ2n) is 7.17. The Bertz CT molecular complexity index is 1060. The molecule has 160 valence electrons. The van der Waals surface area contributed by atoms with Gasteiger partial charge in [-0.3, -0.25) is 4.79 Å². The third-order valence-electron chi connectivity index (χ3n) is 5.15. The molecule has 1 atom stereocenters. The first-order valence-electron chi connectivity index (χ1n) is 10.1. The van der Waals surface area contributed by atoms with Crippen molar-refractivity contribution in [1.82, 2.24) is 14.3 Å². The highest BCUT2D eigenvalue weighted by Crippen LogP contribution is 2.29. The summed E-state index contributed by atoms with van der Waals surface area (Å²) < 4.78 is 9.88. The van der Waals surface area contributed by atoms with Crippen molar-refractivity contribution in [2.24, 2.45) is 4.99 Å². The number of carbonyl (C=O) groups is 1. The smallest absolute Gasteiger partial charge is 0.263 e. The number of rotatable bonds is 5. The number of thioether (sulfide) groups is 1. The minimum atomic E-state index is 0.0195. The fraction of sp³-hybridized carbons (Fsp3) is 0.304. The molecule has 0 radical (unpaired) electrons. The van der Waals surface area contributed by atoms with E-state index in [0.717, 1.165) is 28.8 Å². The summed E-state index contributed by atoms with van der Waals surface area (Å²) in [4.78, 5) is 24.3. The number of hydrogen-bond acceptors (Lipinski definition) is 7. The maximum absolute atomic E-state index is 12.8. The van der Waals surface area contributed by atoms with Crippen molar-refractivity contribution in [2.45, 2.75) is 12.8 Å². The largest absolute Gasteiger partial charge is 0.378 e. The van der Waals surface area contributed by atoms with Gasteiger partial charge < -0.3 is 9.64 Å². The molecule has 1 saturated heterocycles. The van der Waals surface area contributed by atoms with Crippen LogP contribution in [-0.4, -0.2) is 57.8 Å². The van der Waals surface area contributed by atoms with Crippen LogP contribution in [0.1, 0.15) is 39.3 Å². The third kappa shape index (κ3) is 5.20. The summed E-state index contributed by atoms with van der Waals surface area (Å²) in [6.07, 6.45) is 2.01. The standard InChI is InChI=1S/C23H24N4O2S2/c1-16(18-9-6-10-19(15-18)20(28)17-7-4-3-5-8-17)21-24-22(26-31-21)25-23(30-2)27-11-13-29-14-12-27/h3-10,15-16H,11-14H2,1-2H3/b25-23-. The Balaban J connectivity index is 1.53. The normalized spacial score (nSPS) is 15.7. The van der Waals surface area contributed by atoms with E-state index >= 15 is 0 Å². The molecule has 3 aromatic rings. The van der Waals surface area contributed by atoms with Crippen molar-refractivity contribution < 1.29 is 9.53 Å². The van der Waals surface area contributed by atoms with Crippen molar-refractivity contribution in [3.63, 3.8) is 0 Å². The van der Waals surface area contributed by atoms with Crippen LogP contribution in [0.4, 0.5) is 5.95 Å².